The van der Waals surface area contributed by atoms with Gasteiger partial charge in [0.25, 0.3) is 11.8 Å². The maximum absolute atomic E-state index is 13.9. The summed E-state index contributed by atoms with van der Waals surface area (Å²) in [6, 6.07) is 12.4. The maximum Gasteiger partial charge on any atom is 0.407 e. The van der Waals surface area contributed by atoms with Crippen LogP contribution in [-0.4, -0.2) is 66.9 Å². The molecule has 2 fully saturated rings. The van der Waals surface area contributed by atoms with E-state index in [1.807, 2.05) is 30.3 Å². The molecule has 0 radical (unpaired) electrons. The molecule has 9 heteroatoms. The molecule has 0 aromatic heterocycles. The average Bonchev–Trinajstić information content (AvgIpc) is 3.18. The third kappa shape index (κ3) is 3.57. The van der Waals surface area contributed by atoms with Crippen LogP contribution in [-0.2, 0) is 0 Å². The largest absolute Gasteiger partial charge is 0.486 e. The number of rotatable bonds is 5. The number of nitrogens with one attached hydrogen (secondary N) is 2. The molecule has 2 aromatic rings. The van der Waals surface area contributed by atoms with Crippen molar-refractivity contribution in [3.63, 3.8) is 0 Å². The molecule has 3 aliphatic rings. The zero-order valence-electron chi connectivity index (χ0n) is 18.0. The van der Waals surface area contributed by atoms with E-state index in [2.05, 4.69) is 10.6 Å². The summed E-state index contributed by atoms with van der Waals surface area (Å²) in [7, 11) is 1.48. The van der Waals surface area contributed by atoms with E-state index >= 15 is 0 Å². The standard InChI is InChI=1S/C24H24FN3O5/c1-26-23(30)15-8-13(22(29)27-20-16-10-28(24(31)32)11-17(16)20)7-14-19(12-5-3-2-4-6-12)18(9-25)33-21(14)15/h2-8,16-20H,9-11H2,1H3,(H,26,30)(H,27,29)(H,31,32)/t16?,17?,18-,19+,20?/m1/s1. The number of nitrogens with zero attached hydrogens (tertiary/aromatic N) is 1. The summed E-state index contributed by atoms with van der Waals surface area (Å²) in [6.07, 6.45) is -1.75. The lowest BCUT2D eigenvalue weighted by atomic mass is 9.86. The highest BCUT2D eigenvalue weighted by molar-refractivity contribution is 6.02. The number of fused-ring (bicyclic) bond motifs is 2. The molecular formula is C24H24FN3O5. The van der Waals surface area contributed by atoms with Gasteiger partial charge in [-0.1, -0.05) is 30.3 Å². The molecular weight excluding hydrogens is 429 g/mol. The van der Waals surface area contributed by atoms with E-state index in [0.29, 0.717) is 24.4 Å². The summed E-state index contributed by atoms with van der Waals surface area (Å²) < 4.78 is 19.8. The number of alkyl halides is 1. The number of likely N-dealkylation sites (tertiary alicyclic amines) is 1. The Bertz CT molecular complexity index is 1110. The molecule has 2 unspecified atom stereocenters. The number of carbonyl (C=O) groups excluding carboxylic acids is 2. The minimum atomic E-state index is -0.949. The van der Waals surface area contributed by atoms with E-state index in [4.69, 9.17) is 9.84 Å². The Morgan fingerprint density at radius 1 is 1.12 bits per heavy atom. The fourth-order valence-electron chi connectivity index (χ4n) is 5.17. The minimum absolute atomic E-state index is 0.0930. The molecule has 1 aliphatic carbocycles. The maximum atomic E-state index is 13.9. The topological polar surface area (TPSA) is 108 Å². The zero-order chi connectivity index (χ0) is 23.3. The lowest BCUT2D eigenvalue weighted by Gasteiger charge is -2.17. The molecule has 33 heavy (non-hydrogen) atoms. The molecule has 3 N–H and O–H groups in total. The lowest BCUT2D eigenvalue weighted by Crippen LogP contribution is -2.36. The zero-order valence-corrected chi connectivity index (χ0v) is 18.0. The highest BCUT2D eigenvalue weighted by atomic mass is 19.1. The van der Waals surface area contributed by atoms with Gasteiger partial charge in [-0.05, 0) is 17.7 Å². The summed E-state index contributed by atoms with van der Waals surface area (Å²) in [6.45, 7) is 0.0654. The molecule has 1 saturated heterocycles. The number of carboxylic acid groups (broad SMARTS) is 1. The number of carbonyl (C=O) groups is 3. The van der Waals surface area contributed by atoms with Gasteiger partial charge in [-0.15, -0.1) is 0 Å². The summed E-state index contributed by atoms with van der Waals surface area (Å²) >= 11 is 0. The van der Waals surface area contributed by atoms with Crippen LogP contribution in [0.2, 0.25) is 0 Å². The van der Waals surface area contributed by atoms with Crippen molar-refractivity contribution in [2.45, 2.75) is 18.1 Å². The Kier molecular flexibility index (Phi) is 5.19. The van der Waals surface area contributed by atoms with Gasteiger partial charge in [0.15, 0.2) is 0 Å². The van der Waals surface area contributed by atoms with E-state index in [0.717, 1.165) is 5.56 Å². The summed E-state index contributed by atoms with van der Waals surface area (Å²) in [5.41, 5.74) is 1.91. The van der Waals surface area contributed by atoms with Gasteiger partial charge in [-0.3, -0.25) is 9.59 Å². The van der Waals surface area contributed by atoms with Crippen molar-refractivity contribution in [1.29, 1.82) is 0 Å². The highest BCUT2D eigenvalue weighted by Gasteiger charge is 2.57. The molecule has 0 spiro atoms. The molecule has 5 rings (SSSR count). The molecule has 4 atom stereocenters. The van der Waals surface area contributed by atoms with Crippen LogP contribution in [0.3, 0.4) is 0 Å². The Morgan fingerprint density at radius 3 is 2.42 bits per heavy atom. The van der Waals surface area contributed by atoms with E-state index in [1.165, 1.54) is 18.0 Å². The van der Waals surface area contributed by atoms with Crippen molar-refractivity contribution in [2.75, 3.05) is 26.8 Å². The predicted octanol–water partition coefficient (Wildman–Crippen LogP) is 2.25. The first kappa shape index (κ1) is 21.2. The van der Waals surface area contributed by atoms with Crippen LogP contribution in [0.1, 0.15) is 37.8 Å². The quantitative estimate of drug-likeness (QED) is 0.644. The van der Waals surface area contributed by atoms with Gasteiger partial charge in [0, 0.05) is 49.1 Å². The summed E-state index contributed by atoms with van der Waals surface area (Å²) in [5.74, 6) is -0.717. The van der Waals surface area contributed by atoms with E-state index in [9.17, 15) is 18.8 Å². The normalized spacial score (nSPS) is 26.7. The lowest BCUT2D eigenvalue weighted by molar-refractivity contribution is 0.0943. The summed E-state index contributed by atoms with van der Waals surface area (Å²) in [4.78, 5) is 38.2. The number of ether oxygens (including phenoxy) is 1. The van der Waals surface area contributed by atoms with Gasteiger partial charge in [0.2, 0.25) is 0 Å². The third-order valence-electron chi connectivity index (χ3n) is 6.90. The molecule has 172 valence electrons. The first-order valence-corrected chi connectivity index (χ1v) is 10.9. The fourth-order valence-corrected chi connectivity index (χ4v) is 5.17. The van der Waals surface area contributed by atoms with Gasteiger partial charge < -0.3 is 25.4 Å². The van der Waals surface area contributed by atoms with Crippen molar-refractivity contribution < 1.29 is 28.6 Å². The van der Waals surface area contributed by atoms with Gasteiger partial charge in [-0.25, -0.2) is 9.18 Å². The van der Waals surface area contributed by atoms with E-state index in [1.54, 1.807) is 6.07 Å². The Labute approximate surface area is 189 Å². The van der Waals surface area contributed by atoms with Gasteiger partial charge in [0.05, 0.1) is 11.5 Å². The van der Waals surface area contributed by atoms with Crippen LogP contribution in [0.5, 0.6) is 5.75 Å². The van der Waals surface area contributed by atoms with Gasteiger partial charge in [-0.2, -0.15) is 0 Å². The molecule has 2 aromatic carbocycles. The third-order valence-corrected chi connectivity index (χ3v) is 6.90. The number of piperidine rings is 1. The first-order valence-electron chi connectivity index (χ1n) is 10.9. The SMILES string of the molecule is CNC(=O)c1cc(C(=O)NC2C3CN(C(=O)O)CC32)cc2c1O[C@H](CF)[C@H]2c1ccccc1. The number of hydrogen-bond acceptors (Lipinski definition) is 4. The van der Waals surface area contributed by atoms with Crippen LogP contribution >= 0.6 is 0 Å². The van der Waals surface area contributed by atoms with Crippen molar-refractivity contribution >= 4 is 17.9 Å². The van der Waals surface area contributed by atoms with Crippen molar-refractivity contribution in [1.82, 2.24) is 15.5 Å². The molecule has 2 aliphatic heterocycles. The first-order chi connectivity index (χ1) is 15.9. The monoisotopic (exact) mass is 453 g/mol. The Balaban J connectivity index is 1.46. The molecule has 8 nitrogen and oxygen atoms in total. The van der Waals surface area contributed by atoms with E-state index in [-0.39, 0.29) is 34.9 Å². The van der Waals surface area contributed by atoms with Crippen molar-refractivity contribution in [3.05, 3.63) is 64.7 Å². The smallest absolute Gasteiger partial charge is 0.407 e. The number of amides is 3. The van der Waals surface area contributed by atoms with Crippen LogP contribution < -0.4 is 15.4 Å². The second-order valence-electron chi connectivity index (χ2n) is 8.73. The molecule has 2 heterocycles. The van der Waals surface area contributed by atoms with Crippen LogP contribution in [0, 0.1) is 11.8 Å². The van der Waals surface area contributed by atoms with Crippen molar-refractivity contribution in [3.8, 4) is 5.75 Å². The highest BCUT2D eigenvalue weighted by Crippen LogP contribution is 2.47. The number of hydrogen-bond donors (Lipinski definition) is 3. The van der Waals surface area contributed by atoms with Crippen LogP contribution in [0.4, 0.5) is 9.18 Å². The fraction of sp³-hybridized carbons (Fsp3) is 0.375. The Morgan fingerprint density at radius 2 is 1.82 bits per heavy atom. The van der Waals surface area contributed by atoms with Gasteiger partial charge >= 0.3 is 6.09 Å². The Hall–Kier alpha value is -3.62. The van der Waals surface area contributed by atoms with Gasteiger partial charge in [0.1, 0.15) is 18.5 Å². The van der Waals surface area contributed by atoms with Crippen LogP contribution in [0.15, 0.2) is 42.5 Å². The number of benzene rings is 2. The van der Waals surface area contributed by atoms with Crippen molar-refractivity contribution in [2.24, 2.45) is 11.8 Å². The minimum Gasteiger partial charge on any atom is -0.486 e. The molecule has 1 saturated carbocycles. The molecule has 3 amide bonds. The average molecular weight is 453 g/mol. The van der Waals surface area contributed by atoms with Crippen LogP contribution in [0.25, 0.3) is 0 Å². The predicted molar refractivity (Wildman–Crippen MR) is 116 cm³/mol. The second-order valence-corrected chi connectivity index (χ2v) is 8.73. The van der Waals surface area contributed by atoms with E-state index < -0.39 is 30.7 Å². The summed E-state index contributed by atoms with van der Waals surface area (Å²) in [5, 5.41) is 14.7. The molecule has 0 bridgehead atoms. The number of halogens is 1. The second kappa shape index (κ2) is 8.06.